The molecule has 2 rings (SSSR count). The van der Waals surface area contributed by atoms with Gasteiger partial charge in [-0.3, -0.25) is 0 Å². The summed E-state index contributed by atoms with van der Waals surface area (Å²) in [6.45, 7) is 6.05. The molecule has 1 saturated heterocycles. The molecule has 3 nitrogen and oxygen atoms in total. The van der Waals surface area contributed by atoms with Gasteiger partial charge in [0, 0.05) is 19.0 Å². The number of hydrogen-bond acceptors (Lipinski definition) is 2. The van der Waals surface area contributed by atoms with Gasteiger partial charge in [-0.15, -0.1) is 0 Å². The average Bonchev–Trinajstić information content (AvgIpc) is 2.82. The van der Waals surface area contributed by atoms with Crippen LogP contribution < -0.4 is 0 Å². The first-order valence-corrected chi connectivity index (χ1v) is 6.80. The van der Waals surface area contributed by atoms with E-state index in [1.165, 1.54) is 4.90 Å². The van der Waals surface area contributed by atoms with Gasteiger partial charge in [0.2, 0.25) is 0 Å². The van der Waals surface area contributed by atoms with E-state index in [0.29, 0.717) is 25.1 Å². The molecular formula is C15H18F3NO2. The lowest BCUT2D eigenvalue weighted by Crippen LogP contribution is -2.35. The fraction of sp³-hybridized carbons (Fsp3) is 0.533. The molecule has 1 aromatic carbocycles. The number of likely N-dealkylation sites (tertiary alicyclic amines) is 1. The molecule has 1 aromatic rings. The summed E-state index contributed by atoms with van der Waals surface area (Å²) in [5.74, 6) is -4.11. The summed E-state index contributed by atoms with van der Waals surface area (Å²) in [5, 5.41) is 0. The van der Waals surface area contributed by atoms with E-state index in [4.69, 9.17) is 4.74 Å². The van der Waals surface area contributed by atoms with Crippen LogP contribution in [0.4, 0.5) is 18.0 Å². The Balaban J connectivity index is 2.07. The number of amides is 1. The summed E-state index contributed by atoms with van der Waals surface area (Å²) < 4.78 is 44.7. The van der Waals surface area contributed by atoms with E-state index in [-0.39, 0.29) is 5.92 Å². The van der Waals surface area contributed by atoms with Crippen molar-refractivity contribution in [1.82, 2.24) is 4.90 Å². The van der Waals surface area contributed by atoms with E-state index in [1.807, 2.05) is 0 Å². The summed E-state index contributed by atoms with van der Waals surface area (Å²) in [6, 6.07) is 1.98. The Labute approximate surface area is 121 Å². The Morgan fingerprint density at radius 1 is 1.24 bits per heavy atom. The van der Waals surface area contributed by atoms with E-state index < -0.39 is 29.1 Å². The van der Waals surface area contributed by atoms with Gasteiger partial charge in [0.25, 0.3) is 0 Å². The van der Waals surface area contributed by atoms with Crippen LogP contribution in [0, 0.1) is 17.5 Å². The molecule has 0 aromatic heterocycles. The molecule has 1 aliphatic heterocycles. The fourth-order valence-corrected chi connectivity index (χ4v) is 2.34. The van der Waals surface area contributed by atoms with Gasteiger partial charge in [-0.25, -0.2) is 18.0 Å². The van der Waals surface area contributed by atoms with Crippen molar-refractivity contribution in [1.29, 1.82) is 0 Å². The largest absolute Gasteiger partial charge is 0.444 e. The third-order valence-electron chi connectivity index (χ3n) is 3.32. The molecule has 6 heteroatoms. The molecule has 1 unspecified atom stereocenters. The highest BCUT2D eigenvalue weighted by Gasteiger charge is 2.31. The van der Waals surface area contributed by atoms with Gasteiger partial charge >= 0.3 is 6.09 Å². The smallest absolute Gasteiger partial charge is 0.410 e. The second-order valence-corrected chi connectivity index (χ2v) is 6.21. The minimum atomic E-state index is -1.47. The maximum absolute atomic E-state index is 13.3. The molecule has 0 N–H and O–H groups in total. The predicted molar refractivity (Wildman–Crippen MR) is 71.5 cm³/mol. The lowest BCUT2D eigenvalue weighted by Gasteiger charge is -2.24. The van der Waals surface area contributed by atoms with Crippen molar-refractivity contribution in [2.45, 2.75) is 38.7 Å². The first-order valence-electron chi connectivity index (χ1n) is 6.80. The van der Waals surface area contributed by atoms with Crippen LogP contribution in [0.2, 0.25) is 0 Å². The highest BCUT2D eigenvalue weighted by Crippen LogP contribution is 2.30. The third kappa shape index (κ3) is 3.68. The normalized spacial score (nSPS) is 19.0. The zero-order valence-electron chi connectivity index (χ0n) is 12.3. The van der Waals surface area contributed by atoms with Gasteiger partial charge in [0.1, 0.15) is 5.60 Å². The van der Waals surface area contributed by atoms with Crippen LogP contribution >= 0.6 is 0 Å². The summed E-state index contributed by atoms with van der Waals surface area (Å²) in [7, 11) is 0. The Bertz CT molecular complexity index is 531. The molecule has 1 atom stereocenters. The predicted octanol–water partition coefficient (Wildman–Crippen LogP) is 3.83. The van der Waals surface area contributed by atoms with Crippen LogP contribution in [-0.2, 0) is 4.74 Å². The first-order chi connectivity index (χ1) is 9.67. The Hall–Kier alpha value is -1.72. The molecule has 1 fully saturated rings. The fourth-order valence-electron chi connectivity index (χ4n) is 2.34. The number of halogens is 3. The van der Waals surface area contributed by atoms with Gasteiger partial charge < -0.3 is 9.64 Å². The van der Waals surface area contributed by atoms with Crippen LogP contribution in [0.1, 0.15) is 38.7 Å². The number of benzene rings is 1. The molecule has 1 heterocycles. The van der Waals surface area contributed by atoms with Gasteiger partial charge in [0.05, 0.1) is 0 Å². The maximum Gasteiger partial charge on any atom is 0.410 e. The van der Waals surface area contributed by atoms with Crippen molar-refractivity contribution in [2.24, 2.45) is 0 Å². The second-order valence-electron chi connectivity index (χ2n) is 6.21. The van der Waals surface area contributed by atoms with Crippen molar-refractivity contribution in [3.05, 3.63) is 35.1 Å². The Morgan fingerprint density at radius 2 is 1.81 bits per heavy atom. The average molecular weight is 301 g/mol. The minimum absolute atomic E-state index is 0.220. The number of carbonyl (C=O) groups excluding carboxylic acids is 1. The maximum atomic E-state index is 13.3. The summed E-state index contributed by atoms with van der Waals surface area (Å²) >= 11 is 0. The van der Waals surface area contributed by atoms with Gasteiger partial charge in [-0.1, -0.05) is 0 Å². The van der Waals surface area contributed by atoms with E-state index in [0.717, 1.165) is 12.1 Å². The zero-order valence-corrected chi connectivity index (χ0v) is 12.3. The van der Waals surface area contributed by atoms with Crippen LogP contribution in [0.25, 0.3) is 0 Å². The molecule has 116 valence electrons. The van der Waals surface area contributed by atoms with Gasteiger partial charge in [0.15, 0.2) is 17.5 Å². The lowest BCUT2D eigenvalue weighted by atomic mass is 9.98. The van der Waals surface area contributed by atoms with Crippen molar-refractivity contribution in [2.75, 3.05) is 13.1 Å². The quantitative estimate of drug-likeness (QED) is 0.738. The van der Waals surface area contributed by atoms with Crippen LogP contribution in [0.3, 0.4) is 0 Å². The zero-order chi connectivity index (χ0) is 15.8. The van der Waals surface area contributed by atoms with Crippen LogP contribution in [0.15, 0.2) is 12.1 Å². The standard InChI is InChI=1S/C15H18F3NO2/c1-15(2,3)21-14(20)19-5-4-9(8-19)10-6-11(16)13(18)12(17)7-10/h6-7,9H,4-5,8H2,1-3H3. The monoisotopic (exact) mass is 301 g/mol. The van der Waals surface area contributed by atoms with Crippen molar-refractivity contribution >= 4 is 6.09 Å². The second kappa shape index (κ2) is 5.58. The van der Waals surface area contributed by atoms with E-state index >= 15 is 0 Å². The molecule has 1 amide bonds. The topological polar surface area (TPSA) is 29.5 Å². The Kier molecular flexibility index (Phi) is 4.16. The molecule has 1 aliphatic rings. The summed E-state index contributed by atoms with van der Waals surface area (Å²) in [4.78, 5) is 13.4. The van der Waals surface area contributed by atoms with Crippen molar-refractivity contribution < 1.29 is 22.7 Å². The number of ether oxygens (including phenoxy) is 1. The Morgan fingerprint density at radius 3 is 2.33 bits per heavy atom. The molecule has 0 aliphatic carbocycles. The lowest BCUT2D eigenvalue weighted by molar-refractivity contribution is 0.0292. The van der Waals surface area contributed by atoms with E-state index in [2.05, 4.69) is 0 Å². The highest BCUT2D eigenvalue weighted by atomic mass is 19.2. The molecule has 0 bridgehead atoms. The number of rotatable bonds is 1. The number of carbonyl (C=O) groups is 1. The number of nitrogens with zero attached hydrogens (tertiary/aromatic N) is 1. The van der Waals surface area contributed by atoms with Gasteiger partial charge in [-0.05, 0) is 44.9 Å². The van der Waals surface area contributed by atoms with E-state index in [9.17, 15) is 18.0 Å². The van der Waals surface area contributed by atoms with Gasteiger partial charge in [-0.2, -0.15) is 0 Å². The SMILES string of the molecule is CC(C)(C)OC(=O)N1CCC(c2cc(F)c(F)c(F)c2)C1. The molecule has 0 saturated carbocycles. The summed E-state index contributed by atoms with van der Waals surface area (Å²) in [5.41, 5.74) is -0.235. The molecular weight excluding hydrogens is 283 g/mol. The van der Waals surface area contributed by atoms with Crippen LogP contribution in [0.5, 0.6) is 0 Å². The van der Waals surface area contributed by atoms with E-state index in [1.54, 1.807) is 20.8 Å². The third-order valence-corrected chi connectivity index (χ3v) is 3.32. The summed E-state index contributed by atoms with van der Waals surface area (Å²) in [6.07, 6.45) is 0.108. The number of hydrogen-bond donors (Lipinski definition) is 0. The molecule has 0 spiro atoms. The highest BCUT2D eigenvalue weighted by molar-refractivity contribution is 5.68. The molecule has 21 heavy (non-hydrogen) atoms. The van der Waals surface area contributed by atoms with Crippen molar-refractivity contribution in [3.63, 3.8) is 0 Å². The first kappa shape index (κ1) is 15.7. The van der Waals surface area contributed by atoms with Crippen molar-refractivity contribution in [3.8, 4) is 0 Å². The van der Waals surface area contributed by atoms with Crippen LogP contribution in [-0.4, -0.2) is 29.7 Å². The molecule has 0 radical (unpaired) electrons. The minimum Gasteiger partial charge on any atom is -0.444 e.